The molecule has 0 aliphatic heterocycles. The van der Waals surface area contributed by atoms with Crippen LogP contribution < -0.4 is 10.4 Å². The highest BCUT2D eigenvalue weighted by molar-refractivity contribution is 6.95. The van der Waals surface area contributed by atoms with Gasteiger partial charge in [0.1, 0.15) is 0 Å². The van der Waals surface area contributed by atoms with Crippen LogP contribution in [0.15, 0.2) is 206 Å². The summed E-state index contributed by atoms with van der Waals surface area (Å²) in [7, 11) is -3.40. The van der Waals surface area contributed by atoms with Crippen molar-refractivity contribution in [3.05, 3.63) is 273 Å². The summed E-state index contributed by atoms with van der Waals surface area (Å²) in [5, 5.41) is 11.0. The monoisotopic (exact) mass is 1150 g/mol. The van der Waals surface area contributed by atoms with Gasteiger partial charge in [-0.1, -0.05) is 348 Å². The van der Waals surface area contributed by atoms with Gasteiger partial charge < -0.3 is 0 Å². The fourth-order valence-electron chi connectivity index (χ4n) is 14.8. The van der Waals surface area contributed by atoms with E-state index in [-0.39, 0.29) is 0 Å². The first-order chi connectivity index (χ1) is 41.5. The molecular formula is C84H88Si2. The van der Waals surface area contributed by atoms with Gasteiger partial charge >= 0.3 is 0 Å². The molecule has 10 aromatic carbocycles. The van der Waals surface area contributed by atoms with Gasteiger partial charge in [-0.15, -0.1) is 0 Å². The average Bonchev–Trinajstić information content (AvgIpc) is 1.36. The Hall–Kier alpha value is -8.15. The Labute approximate surface area is 517 Å². The first-order valence-electron chi connectivity index (χ1n) is 31.6. The van der Waals surface area contributed by atoms with E-state index >= 15 is 0 Å². The Kier molecular flexibility index (Phi) is 19.2. The third-order valence-corrected chi connectivity index (χ3v) is 33.0. The standard InChI is InChI=1S/C84H88Si2/c1-59(2)85(60(3)4,61(5)6)83-51-49-78-53-73(43-47-80(78)57-83)37-33-69-25-17-65(18-26-69)13-15-67-21-29-71(30-22-67)35-39-75-41-45-77-46-42-76(56-82(77)55-75)40-36-72-31-23-68(24-32-72)16-14-66-19-27-70(28-20-66)34-38-74-44-48-81-58-84(52-50-79(81)54-74)86(62(7)8,63(9)10)64(11)12/h13-64H,1-12H3/b15-13-,16-14-,37-33-,38-34-,39-35+,40-36+. The van der Waals surface area contributed by atoms with Crippen molar-refractivity contribution in [2.24, 2.45) is 0 Å². The maximum absolute atomic E-state index is 2.50. The first kappa shape index (κ1) is 61.0. The Morgan fingerprint density at radius 1 is 0.174 bits per heavy atom. The number of hydrogen-bond acceptors (Lipinski definition) is 0. The number of fused-ring (bicyclic) bond motifs is 3. The third kappa shape index (κ3) is 13.7. The largest absolute Gasteiger partial charge is 0.0942 e. The minimum Gasteiger partial charge on any atom is -0.0648 e. The highest BCUT2D eigenvalue weighted by Crippen LogP contribution is 2.43. The zero-order chi connectivity index (χ0) is 60.5. The van der Waals surface area contributed by atoms with Gasteiger partial charge in [0, 0.05) is 0 Å². The van der Waals surface area contributed by atoms with Crippen LogP contribution in [-0.4, -0.2) is 16.1 Å². The Morgan fingerprint density at radius 3 is 0.558 bits per heavy atom. The van der Waals surface area contributed by atoms with Crippen LogP contribution in [-0.2, 0) is 0 Å². The summed E-state index contributed by atoms with van der Waals surface area (Å²) >= 11 is 0. The van der Waals surface area contributed by atoms with E-state index in [1.54, 1.807) is 10.4 Å². The van der Waals surface area contributed by atoms with Crippen molar-refractivity contribution < 1.29 is 0 Å². The summed E-state index contributed by atoms with van der Waals surface area (Å²) in [6.45, 7) is 29.4. The van der Waals surface area contributed by atoms with Crippen molar-refractivity contribution in [3.8, 4) is 0 Å². The molecule has 0 nitrogen and oxygen atoms in total. The molecule has 0 atom stereocenters. The van der Waals surface area contributed by atoms with Gasteiger partial charge in [-0.25, -0.2) is 0 Å². The van der Waals surface area contributed by atoms with Gasteiger partial charge in [-0.2, -0.15) is 0 Å². The van der Waals surface area contributed by atoms with Crippen molar-refractivity contribution in [2.45, 2.75) is 116 Å². The van der Waals surface area contributed by atoms with E-state index in [0.29, 0.717) is 33.2 Å². The van der Waals surface area contributed by atoms with E-state index in [1.165, 1.54) is 99.1 Å². The second-order valence-electron chi connectivity index (χ2n) is 26.0. The summed E-state index contributed by atoms with van der Waals surface area (Å²) in [5.74, 6) is 0. The quantitative estimate of drug-likeness (QED) is 0.0527. The molecule has 0 aliphatic carbocycles. The molecule has 0 saturated carbocycles. The smallest absolute Gasteiger partial charge is 0.0648 e. The number of benzene rings is 10. The van der Waals surface area contributed by atoms with Gasteiger partial charge in [0.25, 0.3) is 0 Å². The zero-order valence-corrected chi connectivity index (χ0v) is 55.0. The molecule has 0 heterocycles. The SMILES string of the molecule is CC(C)[Si](c1ccc2cc(/C=C\c3ccc(/C=C\c4ccc(/C=C/c5ccc6ccc(/C=C/c7ccc(/C=C\c8ccc(/C=C\c9ccc%10cc([Si](C(C)C)(C(C)C)C(C)C)ccc%10c9)cc8)cc7)cc6c5)cc4)cc3)ccc2c1)(C(C)C)C(C)C. The van der Waals surface area contributed by atoms with Crippen molar-refractivity contribution in [1.82, 2.24) is 0 Å². The summed E-state index contributed by atoms with van der Waals surface area (Å²) in [4.78, 5) is 0. The number of hydrogen-bond donors (Lipinski definition) is 0. The summed E-state index contributed by atoms with van der Waals surface area (Å²) in [6.07, 6.45) is 26.5. The van der Waals surface area contributed by atoms with E-state index in [4.69, 9.17) is 0 Å². The number of rotatable bonds is 20. The van der Waals surface area contributed by atoms with E-state index in [1.807, 2.05) is 0 Å². The fraction of sp³-hybridized carbons (Fsp3) is 0.214. The molecule has 0 saturated heterocycles. The topological polar surface area (TPSA) is 0 Å². The van der Waals surface area contributed by atoms with E-state index in [2.05, 4.69) is 362 Å². The minimum atomic E-state index is -1.70. The fourth-order valence-corrected chi connectivity index (χ4v) is 28.3. The highest BCUT2D eigenvalue weighted by Gasteiger charge is 2.45. The Balaban J connectivity index is 0.695. The van der Waals surface area contributed by atoms with Crippen LogP contribution in [0.3, 0.4) is 0 Å². The molecule has 0 radical (unpaired) electrons. The van der Waals surface area contributed by atoms with Gasteiger partial charge in [0.15, 0.2) is 0 Å². The van der Waals surface area contributed by atoms with Crippen LogP contribution in [0.2, 0.25) is 33.2 Å². The summed E-state index contributed by atoms with van der Waals surface area (Å²) in [6, 6.07) is 76.9. The molecule has 0 spiro atoms. The van der Waals surface area contributed by atoms with Crippen LogP contribution >= 0.6 is 0 Å². The maximum Gasteiger partial charge on any atom is 0.0942 e. The van der Waals surface area contributed by atoms with E-state index in [9.17, 15) is 0 Å². The van der Waals surface area contributed by atoms with Gasteiger partial charge in [0.2, 0.25) is 0 Å². The van der Waals surface area contributed by atoms with Crippen LogP contribution in [0.5, 0.6) is 0 Å². The molecular weight excluding hydrogens is 1070 g/mol. The molecule has 2 heteroatoms. The van der Waals surface area contributed by atoms with Crippen LogP contribution in [0.25, 0.3) is 105 Å². The van der Waals surface area contributed by atoms with Crippen LogP contribution in [0, 0.1) is 0 Å². The summed E-state index contributed by atoms with van der Waals surface area (Å²) < 4.78 is 0. The summed E-state index contributed by atoms with van der Waals surface area (Å²) in [5.41, 5.74) is 18.4. The molecule has 10 aromatic rings. The molecule has 0 fully saturated rings. The lowest BCUT2D eigenvalue weighted by atomic mass is 10.0. The predicted octanol–water partition coefficient (Wildman–Crippen LogP) is 23.9. The lowest BCUT2D eigenvalue weighted by molar-refractivity contribution is 0.835. The molecule has 0 unspecified atom stereocenters. The van der Waals surface area contributed by atoms with Crippen molar-refractivity contribution >= 4 is 132 Å². The second-order valence-corrected chi connectivity index (χ2v) is 37.8. The predicted molar refractivity (Wildman–Crippen MR) is 393 cm³/mol. The molecule has 0 aromatic heterocycles. The molecule has 0 N–H and O–H groups in total. The second kappa shape index (κ2) is 27.1. The van der Waals surface area contributed by atoms with Gasteiger partial charge in [0.05, 0.1) is 16.1 Å². The first-order valence-corrected chi connectivity index (χ1v) is 36.1. The lowest BCUT2D eigenvalue weighted by Gasteiger charge is -2.43. The maximum atomic E-state index is 2.50. The van der Waals surface area contributed by atoms with E-state index in [0.717, 1.165) is 0 Å². The van der Waals surface area contributed by atoms with Gasteiger partial charge in [-0.3, -0.25) is 0 Å². The van der Waals surface area contributed by atoms with Crippen LogP contribution in [0.1, 0.15) is 150 Å². The normalized spacial score (nSPS) is 13.0. The molecule has 0 aliphatic rings. The van der Waals surface area contributed by atoms with Crippen molar-refractivity contribution in [1.29, 1.82) is 0 Å². The van der Waals surface area contributed by atoms with E-state index < -0.39 is 16.1 Å². The molecule has 86 heavy (non-hydrogen) atoms. The molecule has 0 bridgehead atoms. The zero-order valence-electron chi connectivity index (χ0n) is 53.0. The molecule has 10 rings (SSSR count). The van der Waals surface area contributed by atoms with Crippen molar-refractivity contribution in [3.63, 3.8) is 0 Å². The average molecular weight is 1150 g/mol. The molecule has 432 valence electrons. The van der Waals surface area contributed by atoms with Gasteiger partial charge in [-0.05, 0) is 157 Å². The van der Waals surface area contributed by atoms with Crippen LogP contribution in [0.4, 0.5) is 0 Å². The molecule has 0 amide bonds. The van der Waals surface area contributed by atoms with Crippen molar-refractivity contribution in [2.75, 3.05) is 0 Å². The lowest BCUT2D eigenvalue weighted by Crippen LogP contribution is -2.55. The minimum absolute atomic E-state index is 0.696. The third-order valence-electron chi connectivity index (χ3n) is 18.9. The Bertz CT molecular complexity index is 3820. The Morgan fingerprint density at radius 2 is 0.337 bits per heavy atom. The highest BCUT2D eigenvalue weighted by atomic mass is 28.3.